The smallest absolute Gasteiger partial charge is 0.0101 e. The van der Waals surface area contributed by atoms with E-state index in [-0.39, 0.29) is 0 Å². The topological polar surface area (TPSA) is 12.0 Å². The Labute approximate surface area is 95.0 Å². The standard InChI is InChI=1S/C14H27N/c1-3-5-10-13(15-4-2)14-11-8-6-7-9-12(11)14/h11-15H,3-10H2,1-2H3. The molecule has 1 N–H and O–H groups in total. The highest BCUT2D eigenvalue weighted by molar-refractivity contribution is 5.04. The first kappa shape index (κ1) is 11.4. The van der Waals surface area contributed by atoms with Gasteiger partial charge in [-0.15, -0.1) is 0 Å². The van der Waals surface area contributed by atoms with Crippen LogP contribution in [0.25, 0.3) is 0 Å². The molecule has 0 bridgehead atoms. The summed E-state index contributed by atoms with van der Waals surface area (Å²) in [5.41, 5.74) is 0. The first-order valence-electron chi connectivity index (χ1n) is 7.11. The van der Waals surface area contributed by atoms with Gasteiger partial charge in [-0.1, -0.05) is 39.5 Å². The van der Waals surface area contributed by atoms with Gasteiger partial charge in [0.25, 0.3) is 0 Å². The SMILES string of the molecule is CCCCC(NCC)C1C2CCCCC21. The molecule has 0 aliphatic heterocycles. The number of nitrogens with one attached hydrogen (secondary N) is 1. The maximum absolute atomic E-state index is 3.74. The second-order valence-corrected chi connectivity index (χ2v) is 5.50. The van der Waals surface area contributed by atoms with Gasteiger partial charge in [-0.2, -0.15) is 0 Å². The van der Waals surface area contributed by atoms with Gasteiger partial charge in [-0.05, 0) is 43.6 Å². The van der Waals surface area contributed by atoms with E-state index >= 15 is 0 Å². The molecule has 15 heavy (non-hydrogen) atoms. The molecule has 2 fully saturated rings. The predicted molar refractivity (Wildman–Crippen MR) is 65.9 cm³/mol. The van der Waals surface area contributed by atoms with Crippen LogP contribution in [-0.2, 0) is 0 Å². The van der Waals surface area contributed by atoms with Crippen molar-refractivity contribution >= 4 is 0 Å². The van der Waals surface area contributed by atoms with Crippen LogP contribution in [0.1, 0.15) is 58.8 Å². The minimum atomic E-state index is 0.850. The Morgan fingerprint density at radius 2 is 1.80 bits per heavy atom. The van der Waals surface area contributed by atoms with Crippen LogP contribution in [0.4, 0.5) is 0 Å². The van der Waals surface area contributed by atoms with Crippen molar-refractivity contribution in [3.8, 4) is 0 Å². The minimum absolute atomic E-state index is 0.850. The number of fused-ring (bicyclic) bond motifs is 1. The first-order chi connectivity index (χ1) is 7.38. The van der Waals surface area contributed by atoms with Crippen molar-refractivity contribution in [1.29, 1.82) is 0 Å². The number of rotatable bonds is 6. The van der Waals surface area contributed by atoms with Gasteiger partial charge in [-0.3, -0.25) is 0 Å². The molecule has 2 rings (SSSR count). The van der Waals surface area contributed by atoms with Crippen molar-refractivity contribution < 1.29 is 0 Å². The molecule has 2 aliphatic rings. The minimum Gasteiger partial charge on any atom is -0.314 e. The monoisotopic (exact) mass is 209 g/mol. The second-order valence-electron chi connectivity index (χ2n) is 5.50. The summed E-state index contributed by atoms with van der Waals surface area (Å²) >= 11 is 0. The summed E-state index contributed by atoms with van der Waals surface area (Å²) in [6, 6.07) is 0.850. The lowest BCUT2D eigenvalue weighted by molar-refractivity contribution is 0.404. The van der Waals surface area contributed by atoms with E-state index in [1.165, 1.54) is 44.9 Å². The largest absolute Gasteiger partial charge is 0.314 e. The van der Waals surface area contributed by atoms with Crippen molar-refractivity contribution in [2.24, 2.45) is 17.8 Å². The molecule has 0 aromatic rings. The lowest BCUT2D eigenvalue weighted by atomic mass is 10.0. The summed E-state index contributed by atoms with van der Waals surface area (Å²) in [5.74, 6) is 3.28. The van der Waals surface area contributed by atoms with Gasteiger partial charge in [0.1, 0.15) is 0 Å². The van der Waals surface area contributed by atoms with Crippen LogP contribution in [-0.4, -0.2) is 12.6 Å². The van der Waals surface area contributed by atoms with Crippen LogP contribution >= 0.6 is 0 Å². The molecular weight excluding hydrogens is 182 g/mol. The van der Waals surface area contributed by atoms with Gasteiger partial charge in [-0.25, -0.2) is 0 Å². The van der Waals surface area contributed by atoms with E-state index in [9.17, 15) is 0 Å². The summed E-state index contributed by atoms with van der Waals surface area (Å²) in [4.78, 5) is 0. The van der Waals surface area contributed by atoms with E-state index in [2.05, 4.69) is 19.2 Å². The van der Waals surface area contributed by atoms with Gasteiger partial charge in [0.05, 0.1) is 0 Å². The molecule has 0 radical (unpaired) electrons. The van der Waals surface area contributed by atoms with Crippen molar-refractivity contribution in [1.82, 2.24) is 5.32 Å². The average Bonchev–Trinajstić information content (AvgIpc) is 2.98. The molecular formula is C14H27N. The van der Waals surface area contributed by atoms with Crippen LogP contribution in [0.15, 0.2) is 0 Å². The van der Waals surface area contributed by atoms with Gasteiger partial charge in [0.2, 0.25) is 0 Å². The molecule has 0 amide bonds. The predicted octanol–water partition coefficient (Wildman–Crippen LogP) is 3.59. The van der Waals surface area contributed by atoms with E-state index in [1.807, 2.05) is 0 Å². The summed E-state index contributed by atoms with van der Waals surface area (Å²) in [6.45, 7) is 5.72. The van der Waals surface area contributed by atoms with Crippen molar-refractivity contribution in [3.05, 3.63) is 0 Å². The van der Waals surface area contributed by atoms with E-state index in [4.69, 9.17) is 0 Å². The van der Waals surface area contributed by atoms with E-state index < -0.39 is 0 Å². The molecule has 2 saturated carbocycles. The summed E-state index contributed by atoms with van der Waals surface area (Å²) in [5, 5.41) is 3.74. The van der Waals surface area contributed by atoms with E-state index in [0.29, 0.717) is 0 Å². The fourth-order valence-corrected chi connectivity index (χ4v) is 3.76. The highest BCUT2D eigenvalue weighted by Gasteiger charge is 2.53. The lowest BCUT2D eigenvalue weighted by Crippen LogP contribution is -2.31. The maximum Gasteiger partial charge on any atom is 0.0101 e. The van der Waals surface area contributed by atoms with Gasteiger partial charge < -0.3 is 5.32 Å². The van der Waals surface area contributed by atoms with Crippen LogP contribution in [0.2, 0.25) is 0 Å². The molecule has 2 aliphatic carbocycles. The third-order valence-electron chi connectivity index (χ3n) is 4.52. The van der Waals surface area contributed by atoms with Crippen LogP contribution < -0.4 is 5.32 Å². The zero-order valence-corrected chi connectivity index (χ0v) is 10.5. The fourth-order valence-electron chi connectivity index (χ4n) is 3.76. The molecule has 0 heterocycles. The Morgan fingerprint density at radius 3 is 2.33 bits per heavy atom. The first-order valence-corrected chi connectivity index (χ1v) is 7.11. The third kappa shape index (κ3) is 2.55. The molecule has 0 aromatic carbocycles. The molecule has 1 heteroatoms. The molecule has 1 nitrogen and oxygen atoms in total. The highest BCUT2D eigenvalue weighted by atomic mass is 14.9. The number of unbranched alkanes of at least 4 members (excludes halogenated alkanes) is 1. The third-order valence-corrected chi connectivity index (χ3v) is 4.52. The normalized spacial score (nSPS) is 36.0. The van der Waals surface area contributed by atoms with Crippen molar-refractivity contribution in [3.63, 3.8) is 0 Å². The number of hydrogen-bond acceptors (Lipinski definition) is 1. The molecule has 0 spiro atoms. The zero-order chi connectivity index (χ0) is 10.7. The Bertz CT molecular complexity index is 178. The van der Waals surface area contributed by atoms with Gasteiger partial charge >= 0.3 is 0 Å². The Balaban J connectivity index is 1.82. The second kappa shape index (κ2) is 5.34. The van der Waals surface area contributed by atoms with Crippen LogP contribution in [0.5, 0.6) is 0 Å². The Kier molecular flexibility index (Phi) is 4.07. The lowest BCUT2D eigenvalue weighted by Gasteiger charge is -2.17. The van der Waals surface area contributed by atoms with Crippen LogP contribution in [0.3, 0.4) is 0 Å². The van der Waals surface area contributed by atoms with Crippen LogP contribution in [0, 0.1) is 17.8 Å². The molecule has 3 unspecified atom stereocenters. The van der Waals surface area contributed by atoms with Gasteiger partial charge in [0, 0.05) is 6.04 Å². The quantitative estimate of drug-likeness (QED) is 0.705. The number of hydrogen-bond donors (Lipinski definition) is 1. The fraction of sp³-hybridized carbons (Fsp3) is 1.00. The molecule has 88 valence electrons. The summed E-state index contributed by atoms with van der Waals surface area (Å²) < 4.78 is 0. The highest BCUT2D eigenvalue weighted by Crippen LogP contribution is 2.57. The summed E-state index contributed by atoms with van der Waals surface area (Å²) in [7, 11) is 0. The summed E-state index contributed by atoms with van der Waals surface area (Å²) in [6.07, 6.45) is 10.3. The van der Waals surface area contributed by atoms with Gasteiger partial charge in [0.15, 0.2) is 0 Å². The molecule has 0 saturated heterocycles. The van der Waals surface area contributed by atoms with Crippen molar-refractivity contribution in [2.75, 3.05) is 6.54 Å². The van der Waals surface area contributed by atoms with E-state index in [1.54, 1.807) is 0 Å². The molecule has 0 aromatic heterocycles. The average molecular weight is 209 g/mol. The maximum atomic E-state index is 3.74. The zero-order valence-electron chi connectivity index (χ0n) is 10.5. The Hall–Kier alpha value is -0.0400. The molecule has 3 atom stereocenters. The van der Waals surface area contributed by atoms with Crippen molar-refractivity contribution in [2.45, 2.75) is 64.8 Å². The van der Waals surface area contributed by atoms with E-state index in [0.717, 1.165) is 30.3 Å². The Morgan fingerprint density at radius 1 is 1.13 bits per heavy atom.